The molecule has 0 aromatic heterocycles. The summed E-state index contributed by atoms with van der Waals surface area (Å²) in [5.41, 5.74) is 0. The van der Waals surface area contributed by atoms with Crippen molar-refractivity contribution in [2.45, 2.75) is 52.8 Å². The van der Waals surface area contributed by atoms with Crippen molar-refractivity contribution in [3.63, 3.8) is 0 Å². The Bertz CT molecular complexity index is 932. The number of nitrogens with one attached hydrogen (secondary N) is 1. The minimum Gasteiger partial charge on any atom is -0.219 e. The first-order chi connectivity index (χ1) is 11.9. The zero-order valence-corrected chi connectivity index (χ0v) is 15.4. The Labute approximate surface area is 149 Å². The summed E-state index contributed by atoms with van der Waals surface area (Å²) >= 11 is 0. The highest BCUT2D eigenvalue weighted by atomic mass is 32.2. The fourth-order valence-corrected chi connectivity index (χ4v) is 5.80. The Balaban J connectivity index is 1.91. The molecule has 1 aliphatic carbocycles. The van der Waals surface area contributed by atoms with E-state index in [1.165, 1.54) is 36.4 Å². The minimum absolute atomic E-state index is 0.0184. The predicted molar refractivity (Wildman–Crippen MR) is 95.5 cm³/mol. The van der Waals surface area contributed by atoms with E-state index in [0.717, 1.165) is 32.1 Å². The van der Waals surface area contributed by atoms with Crippen LogP contribution in [0.3, 0.4) is 0 Å². The summed E-state index contributed by atoms with van der Waals surface area (Å²) in [7, 11) is -7.49. The second-order valence-corrected chi connectivity index (χ2v) is 9.91. The fraction of sp³-hybridized carbons (Fsp3) is 0.333. The fourth-order valence-electron chi connectivity index (χ4n) is 3.05. The molecule has 1 N–H and O–H groups in total. The van der Waals surface area contributed by atoms with Gasteiger partial charge in [-0.05, 0) is 43.2 Å². The Hall–Kier alpha value is -1.70. The number of hydrogen-bond donors (Lipinski definition) is 1. The van der Waals surface area contributed by atoms with E-state index < -0.39 is 19.9 Å². The van der Waals surface area contributed by atoms with Crippen molar-refractivity contribution in [1.82, 2.24) is 4.72 Å². The smallest absolute Gasteiger partial charge is 0.219 e. The summed E-state index contributed by atoms with van der Waals surface area (Å²) in [6.45, 7) is 0. The Kier molecular flexibility index (Phi) is 5.27. The van der Waals surface area contributed by atoms with Crippen LogP contribution in [0.4, 0.5) is 0 Å². The SMILES string of the molecule is O=S(=O)(NC1CCCCC1)c1cccc(S(=O)(=O)c2ccccc2)c1. The monoisotopic (exact) mass is 379 g/mol. The molecular formula is C18H21NO4S2. The summed E-state index contributed by atoms with van der Waals surface area (Å²) in [6.07, 6.45) is 4.79. The molecular weight excluding hydrogens is 358 g/mol. The quantitative estimate of drug-likeness (QED) is 0.865. The Morgan fingerprint density at radius 3 is 2.00 bits per heavy atom. The maximum absolute atomic E-state index is 12.7. The van der Waals surface area contributed by atoms with Crippen LogP contribution in [0.5, 0.6) is 0 Å². The van der Waals surface area contributed by atoms with Crippen molar-refractivity contribution in [2.75, 3.05) is 0 Å². The van der Waals surface area contributed by atoms with Gasteiger partial charge in [-0.15, -0.1) is 0 Å². The van der Waals surface area contributed by atoms with Crippen LogP contribution >= 0.6 is 0 Å². The molecule has 0 saturated heterocycles. The van der Waals surface area contributed by atoms with Crippen LogP contribution in [0, 0.1) is 0 Å². The van der Waals surface area contributed by atoms with Crippen LogP contribution in [-0.2, 0) is 19.9 Å². The van der Waals surface area contributed by atoms with Crippen molar-refractivity contribution >= 4 is 19.9 Å². The van der Waals surface area contributed by atoms with Gasteiger partial charge in [-0.3, -0.25) is 0 Å². The molecule has 0 heterocycles. The van der Waals surface area contributed by atoms with Gasteiger partial charge in [0.1, 0.15) is 0 Å². The largest absolute Gasteiger partial charge is 0.240 e. The Morgan fingerprint density at radius 2 is 1.32 bits per heavy atom. The first kappa shape index (κ1) is 18.1. The molecule has 1 fully saturated rings. The second kappa shape index (κ2) is 7.27. The zero-order valence-electron chi connectivity index (χ0n) is 13.8. The molecule has 7 heteroatoms. The molecule has 0 unspecified atom stereocenters. The first-order valence-electron chi connectivity index (χ1n) is 8.32. The first-order valence-corrected chi connectivity index (χ1v) is 11.3. The van der Waals surface area contributed by atoms with Crippen molar-refractivity contribution in [1.29, 1.82) is 0 Å². The van der Waals surface area contributed by atoms with Crippen LogP contribution in [0.25, 0.3) is 0 Å². The van der Waals surface area contributed by atoms with Crippen LogP contribution in [0.1, 0.15) is 32.1 Å². The van der Waals surface area contributed by atoms with E-state index in [9.17, 15) is 16.8 Å². The molecule has 0 aliphatic heterocycles. The van der Waals surface area contributed by atoms with Gasteiger partial charge in [0.25, 0.3) is 0 Å². The van der Waals surface area contributed by atoms with Crippen molar-refractivity contribution in [3.05, 3.63) is 54.6 Å². The topological polar surface area (TPSA) is 80.3 Å². The summed E-state index contributed by atoms with van der Waals surface area (Å²) in [4.78, 5) is 0.102. The molecule has 0 amide bonds. The Morgan fingerprint density at radius 1 is 0.720 bits per heavy atom. The molecule has 25 heavy (non-hydrogen) atoms. The molecule has 0 spiro atoms. The third-order valence-electron chi connectivity index (χ3n) is 4.41. The lowest BCUT2D eigenvalue weighted by Crippen LogP contribution is -2.36. The molecule has 0 atom stereocenters. The average molecular weight is 380 g/mol. The highest BCUT2D eigenvalue weighted by Crippen LogP contribution is 2.24. The van der Waals surface area contributed by atoms with E-state index in [1.807, 2.05) is 0 Å². The highest BCUT2D eigenvalue weighted by molar-refractivity contribution is 7.91. The van der Waals surface area contributed by atoms with Crippen molar-refractivity contribution in [3.8, 4) is 0 Å². The molecule has 3 rings (SSSR count). The van der Waals surface area contributed by atoms with Crippen LogP contribution in [0.2, 0.25) is 0 Å². The summed E-state index contributed by atoms with van der Waals surface area (Å²) in [6, 6.07) is 13.5. The van der Waals surface area contributed by atoms with Gasteiger partial charge in [0.15, 0.2) is 0 Å². The number of hydrogen-bond acceptors (Lipinski definition) is 4. The molecule has 0 radical (unpaired) electrons. The van der Waals surface area contributed by atoms with Gasteiger partial charge in [0, 0.05) is 6.04 Å². The van der Waals surface area contributed by atoms with Crippen molar-refractivity contribution in [2.24, 2.45) is 0 Å². The lowest BCUT2D eigenvalue weighted by molar-refractivity contribution is 0.412. The molecule has 0 bridgehead atoms. The van der Waals surface area contributed by atoms with Gasteiger partial charge in [0.05, 0.1) is 14.7 Å². The number of benzene rings is 2. The minimum atomic E-state index is -3.75. The van der Waals surface area contributed by atoms with Crippen LogP contribution in [-0.4, -0.2) is 22.9 Å². The number of sulfone groups is 1. The van der Waals surface area contributed by atoms with Crippen LogP contribution < -0.4 is 4.72 Å². The van der Waals surface area contributed by atoms with E-state index in [0.29, 0.717) is 0 Å². The van der Waals surface area contributed by atoms with Gasteiger partial charge < -0.3 is 0 Å². The molecule has 1 saturated carbocycles. The molecule has 5 nitrogen and oxygen atoms in total. The normalized spacial score (nSPS) is 16.6. The number of rotatable bonds is 5. The van der Waals surface area contributed by atoms with E-state index in [-0.39, 0.29) is 20.7 Å². The van der Waals surface area contributed by atoms with Gasteiger partial charge in [-0.2, -0.15) is 0 Å². The van der Waals surface area contributed by atoms with E-state index in [4.69, 9.17) is 0 Å². The van der Waals surface area contributed by atoms with Gasteiger partial charge in [-0.1, -0.05) is 43.5 Å². The molecule has 1 aliphatic rings. The van der Waals surface area contributed by atoms with E-state index in [2.05, 4.69) is 4.72 Å². The van der Waals surface area contributed by atoms with Crippen LogP contribution in [0.15, 0.2) is 69.3 Å². The van der Waals surface area contributed by atoms with Gasteiger partial charge in [-0.25, -0.2) is 21.6 Å². The summed E-state index contributed by atoms with van der Waals surface area (Å²) < 4.78 is 53.3. The third kappa shape index (κ3) is 4.11. The zero-order chi connectivity index (χ0) is 17.9. The molecule has 2 aromatic carbocycles. The summed E-state index contributed by atoms with van der Waals surface area (Å²) in [5.74, 6) is 0. The van der Waals surface area contributed by atoms with E-state index >= 15 is 0 Å². The average Bonchev–Trinajstić information content (AvgIpc) is 2.63. The molecule has 134 valence electrons. The lowest BCUT2D eigenvalue weighted by Gasteiger charge is -2.22. The molecule has 2 aromatic rings. The third-order valence-corrected chi connectivity index (χ3v) is 7.69. The van der Waals surface area contributed by atoms with Gasteiger partial charge in [0.2, 0.25) is 19.9 Å². The predicted octanol–water partition coefficient (Wildman–Crippen LogP) is 3.13. The number of sulfonamides is 1. The standard InChI is InChI=1S/C18H21NO4S2/c20-24(21,16-10-5-2-6-11-16)17-12-7-13-18(14-17)25(22,23)19-15-8-3-1-4-9-15/h2,5-7,10-15,19H,1,3-4,8-9H2. The lowest BCUT2D eigenvalue weighted by atomic mass is 9.96. The maximum atomic E-state index is 12.7. The summed E-state index contributed by atoms with van der Waals surface area (Å²) in [5, 5.41) is 0. The maximum Gasteiger partial charge on any atom is 0.240 e. The van der Waals surface area contributed by atoms with E-state index in [1.54, 1.807) is 18.2 Å². The highest BCUT2D eigenvalue weighted by Gasteiger charge is 2.24. The van der Waals surface area contributed by atoms with Gasteiger partial charge >= 0.3 is 0 Å². The second-order valence-electron chi connectivity index (χ2n) is 6.25. The van der Waals surface area contributed by atoms with Crippen molar-refractivity contribution < 1.29 is 16.8 Å².